The van der Waals surface area contributed by atoms with E-state index in [1.165, 1.54) is 0 Å². The molecule has 1 unspecified atom stereocenters. The first-order chi connectivity index (χ1) is 9.67. The maximum Gasteiger partial charge on any atom is 0.273 e. The van der Waals surface area contributed by atoms with Crippen LogP contribution in [0, 0.1) is 6.92 Å². The molecule has 106 valence electrons. The van der Waals surface area contributed by atoms with E-state index < -0.39 is 0 Å². The van der Waals surface area contributed by atoms with Crippen molar-refractivity contribution in [1.29, 1.82) is 0 Å². The molecule has 0 N–H and O–H groups in total. The Balaban J connectivity index is 2.28. The highest BCUT2D eigenvalue weighted by Gasteiger charge is 2.30. The first-order valence-corrected chi connectivity index (χ1v) is 7.01. The van der Waals surface area contributed by atoms with Crippen molar-refractivity contribution in [1.82, 2.24) is 9.88 Å². The third-order valence-electron chi connectivity index (χ3n) is 3.68. The largest absolute Gasteiger partial charge is 0.329 e. The molecule has 20 heavy (non-hydrogen) atoms. The maximum atomic E-state index is 12.7. The van der Waals surface area contributed by atoms with Gasteiger partial charge in [0.1, 0.15) is 5.69 Å². The van der Waals surface area contributed by atoms with Gasteiger partial charge in [0.05, 0.1) is 11.8 Å². The molecule has 2 rings (SSSR count). The maximum absolute atomic E-state index is 12.7. The van der Waals surface area contributed by atoms with Gasteiger partial charge in [-0.05, 0) is 44.4 Å². The average molecular weight is 271 g/mol. The molecule has 1 aromatic rings. The van der Waals surface area contributed by atoms with E-state index in [4.69, 9.17) is 0 Å². The molecule has 1 fully saturated rings. The Morgan fingerprint density at radius 3 is 2.95 bits per heavy atom. The van der Waals surface area contributed by atoms with Crippen molar-refractivity contribution in [3.8, 4) is 0 Å². The molecule has 0 spiro atoms. The number of carbonyl (C=O) groups is 1. The number of aromatic nitrogens is 1. The van der Waals surface area contributed by atoms with Crippen molar-refractivity contribution >= 4 is 11.6 Å². The summed E-state index contributed by atoms with van der Waals surface area (Å²) >= 11 is 0. The third kappa shape index (κ3) is 2.95. The van der Waals surface area contributed by atoms with Gasteiger partial charge < -0.3 is 4.90 Å². The zero-order valence-corrected chi connectivity index (χ0v) is 12.2. The molecule has 0 bridgehead atoms. The van der Waals surface area contributed by atoms with Crippen LogP contribution in [0.15, 0.2) is 35.8 Å². The zero-order valence-electron chi connectivity index (χ0n) is 12.2. The second kappa shape index (κ2) is 6.46. The van der Waals surface area contributed by atoms with Gasteiger partial charge in [-0.2, -0.15) is 0 Å². The number of piperidine rings is 1. The molecule has 1 aromatic heterocycles. The first-order valence-electron chi connectivity index (χ1n) is 7.01. The van der Waals surface area contributed by atoms with Crippen LogP contribution in [0.3, 0.4) is 0 Å². The molecular weight excluding hydrogens is 250 g/mol. The van der Waals surface area contributed by atoms with E-state index in [1.54, 1.807) is 19.2 Å². The van der Waals surface area contributed by atoms with Gasteiger partial charge in [0, 0.05) is 19.3 Å². The van der Waals surface area contributed by atoms with Crippen molar-refractivity contribution < 1.29 is 4.79 Å². The number of aliphatic imine (C=N–C) groups is 1. The van der Waals surface area contributed by atoms with Gasteiger partial charge >= 0.3 is 0 Å². The minimum atomic E-state index is -0.0126. The normalized spacial score (nSPS) is 19.8. The molecule has 1 aliphatic rings. The van der Waals surface area contributed by atoms with Crippen LogP contribution in [-0.2, 0) is 0 Å². The number of pyridine rings is 1. The van der Waals surface area contributed by atoms with Crippen molar-refractivity contribution in [2.75, 3.05) is 13.6 Å². The van der Waals surface area contributed by atoms with Crippen LogP contribution in [-0.4, -0.2) is 41.1 Å². The van der Waals surface area contributed by atoms with Gasteiger partial charge in [0.2, 0.25) is 0 Å². The quantitative estimate of drug-likeness (QED) is 0.793. The lowest BCUT2D eigenvalue weighted by atomic mass is 9.97. The molecule has 1 aliphatic heterocycles. The topological polar surface area (TPSA) is 45.6 Å². The lowest BCUT2D eigenvalue weighted by Gasteiger charge is -2.35. The molecular formula is C16H21N3O. The molecule has 2 heterocycles. The Morgan fingerprint density at radius 2 is 2.30 bits per heavy atom. The molecule has 4 nitrogen and oxygen atoms in total. The Bertz CT molecular complexity index is 536. The highest BCUT2D eigenvalue weighted by Crippen LogP contribution is 2.21. The number of carbonyl (C=O) groups excluding carboxylic acids is 1. The number of rotatable bonds is 3. The molecule has 0 saturated carbocycles. The van der Waals surface area contributed by atoms with Crippen molar-refractivity contribution in [2.45, 2.75) is 32.2 Å². The SMILES string of the molecule is C=CC(=NC)C1CCCCN1C(=O)c1cccc(C)n1. The second-order valence-corrected chi connectivity index (χ2v) is 5.03. The Kier molecular flexibility index (Phi) is 4.66. The van der Waals surface area contributed by atoms with Gasteiger partial charge in [-0.3, -0.25) is 9.79 Å². The number of nitrogens with zero attached hydrogens (tertiary/aromatic N) is 3. The van der Waals surface area contributed by atoms with Crippen LogP contribution in [0.1, 0.15) is 35.4 Å². The summed E-state index contributed by atoms with van der Waals surface area (Å²) < 4.78 is 0. The summed E-state index contributed by atoms with van der Waals surface area (Å²) in [7, 11) is 1.75. The van der Waals surface area contributed by atoms with Gasteiger partial charge in [-0.15, -0.1) is 0 Å². The fourth-order valence-electron chi connectivity index (χ4n) is 2.67. The van der Waals surface area contributed by atoms with Crippen LogP contribution in [0.2, 0.25) is 0 Å². The number of hydrogen-bond donors (Lipinski definition) is 0. The summed E-state index contributed by atoms with van der Waals surface area (Å²) in [6.07, 6.45) is 4.83. The van der Waals surface area contributed by atoms with Gasteiger partial charge in [0.15, 0.2) is 0 Å². The van der Waals surface area contributed by atoms with Gasteiger partial charge in [0.25, 0.3) is 5.91 Å². The van der Waals surface area contributed by atoms with Crippen molar-refractivity contribution in [3.63, 3.8) is 0 Å². The lowest BCUT2D eigenvalue weighted by molar-refractivity contribution is 0.0675. The average Bonchev–Trinajstić information content (AvgIpc) is 2.48. The Labute approximate surface area is 120 Å². The summed E-state index contributed by atoms with van der Waals surface area (Å²) in [5.74, 6) is -0.0126. The monoisotopic (exact) mass is 271 g/mol. The highest BCUT2D eigenvalue weighted by atomic mass is 16.2. The Hall–Kier alpha value is -1.97. The zero-order chi connectivity index (χ0) is 14.5. The fourth-order valence-corrected chi connectivity index (χ4v) is 2.67. The summed E-state index contributed by atoms with van der Waals surface area (Å²) in [6, 6.07) is 5.57. The summed E-state index contributed by atoms with van der Waals surface area (Å²) in [4.78, 5) is 23.2. The predicted octanol–water partition coefficient (Wildman–Crippen LogP) is 2.64. The van der Waals surface area contributed by atoms with E-state index in [0.29, 0.717) is 5.69 Å². The number of likely N-dealkylation sites (tertiary alicyclic amines) is 1. The van der Waals surface area contributed by atoms with E-state index in [2.05, 4.69) is 16.6 Å². The van der Waals surface area contributed by atoms with Crippen LogP contribution >= 0.6 is 0 Å². The molecule has 0 aromatic carbocycles. The predicted molar refractivity (Wildman–Crippen MR) is 81.2 cm³/mol. The van der Waals surface area contributed by atoms with Crippen molar-refractivity contribution in [3.05, 3.63) is 42.2 Å². The smallest absolute Gasteiger partial charge is 0.273 e. The van der Waals surface area contributed by atoms with Crippen LogP contribution in [0.25, 0.3) is 0 Å². The highest BCUT2D eigenvalue weighted by molar-refractivity contribution is 6.03. The third-order valence-corrected chi connectivity index (χ3v) is 3.68. The molecule has 4 heteroatoms. The van der Waals surface area contributed by atoms with Gasteiger partial charge in [-0.1, -0.05) is 12.6 Å². The van der Waals surface area contributed by atoms with Gasteiger partial charge in [-0.25, -0.2) is 4.98 Å². The van der Waals surface area contributed by atoms with E-state index in [-0.39, 0.29) is 11.9 Å². The minimum absolute atomic E-state index is 0.0126. The minimum Gasteiger partial charge on any atom is -0.329 e. The fraction of sp³-hybridized carbons (Fsp3) is 0.438. The first kappa shape index (κ1) is 14.4. The van der Waals surface area contributed by atoms with Crippen LogP contribution < -0.4 is 0 Å². The van der Waals surface area contributed by atoms with Crippen LogP contribution in [0.4, 0.5) is 0 Å². The van der Waals surface area contributed by atoms with E-state index in [0.717, 1.165) is 37.2 Å². The van der Waals surface area contributed by atoms with E-state index in [9.17, 15) is 4.79 Å². The molecule has 1 atom stereocenters. The summed E-state index contributed by atoms with van der Waals surface area (Å²) in [6.45, 7) is 6.46. The number of hydrogen-bond acceptors (Lipinski definition) is 3. The Morgan fingerprint density at radius 1 is 1.50 bits per heavy atom. The molecule has 0 radical (unpaired) electrons. The summed E-state index contributed by atoms with van der Waals surface area (Å²) in [5.41, 5.74) is 2.25. The van der Waals surface area contributed by atoms with Crippen LogP contribution in [0.5, 0.6) is 0 Å². The van der Waals surface area contributed by atoms with E-state index in [1.807, 2.05) is 24.0 Å². The second-order valence-electron chi connectivity index (χ2n) is 5.03. The molecule has 0 aliphatic carbocycles. The molecule has 1 saturated heterocycles. The molecule has 1 amide bonds. The van der Waals surface area contributed by atoms with Crippen molar-refractivity contribution in [2.24, 2.45) is 4.99 Å². The summed E-state index contributed by atoms with van der Waals surface area (Å²) in [5, 5.41) is 0. The lowest BCUT2D eigenvalue weighted by Crippen LogP contribution is -2.47. The van der Waals surface area contributed by atoms with E-state index >= 15 is 0 Å². The number of aryl methyl sites for hydroxylation is 1. The standard InChI is InChI=1S/C16H21N3O/c1-4-13(17-3)15-10-5-6-11-19(15)16(20)14-9-7-8-12(2)18-14/h4,7-9,15H,1,5-6,10-11H2,2-3H3. The number of amides is 1.